The zero-order valence-electron chi connectivity index (χ0n) is 14.9. The summed E-state index contributed by atoms with van der Waals surface area (Å²) in [5.41, 5.74) is 4.09. The number of carbonyl (C=O) groups excluding carboxylic acids is 1. The van der Waals surface area contributed by atoms with Crippen LogP contribution in [0.3, 0.4) is 0 Å². The molecule has 27 heavy (non-hydrogen) atoms. The predicted octanol–water partition coefficient (Wildman–Crippen LogP) is 4.37. The van der Waals surface area contributed by atoms with Crippen LogP contribution in [0.4, 0.5) is 10.1 Å². The number of carbonyl (C=O) groups is 1. The van der Waals surface area contributed by atoms with Crippen LogP contribution in [0.25, 0.3) is 16.6 Å². The minimum Gasteiger partial charge on any atom is -0.323 e. The van der Waals surface area contributed by atoms with E-state index < -0.39 is 5.82 Å². The van der Waals surface area contributed by atoms with E-state index in [0.29, 0.717) is 5.16 Å². The maximum atomic E-state index is 13.7. The first-order valence-corrected chi connectivity index (χ1v) is 9.44. The van der Waals surface area contributed by atoms with Crippen LogP contribution in [-0.2, 0) is 4.79 Å². The van der Waals surface area contributed by atoms with Crippen molar-refractivity contribution in [2.75, 3.05) is 11.1 Å². The molecule has 0 unspecified atom stereocenters. The lowest BCUT2D eigenvalue weighted by molar-refractivity contribution is -0.113. The molecule has 1 amide bonds. The third-order valence-electron chi connectivity index (χ3n) is 4.27. The number of rotatable bonds is 4. The van der Waals surface area contributed by atoms with Gasteiger partial charge in [0, 0.05) is 0 Å². The molecule has 0 aliphatic heterocycles. The molecule has 7 heteroatoms. The second kappa shape index (κ2) is 7.00. The van der Waals surface area contributed by atoms with Gasteiger partial charge in [0.15, 0.2) is 10.8 Å². The van der Waals surface area contributed by atoms with Gasteiger partial charge in [0.1, 0.15) is 5.82 Å². The molecule has 0 aliphatic rings. The Kier molecular flexibility index (Phi) is 4.53. The number of nitrogens with zero attached hydrogens (tertiary/aromatic N) is 3. The van der Waals surface area contributed by atoms with Gasteiger partial charge >= 0.3 is 0 Å². The highest BCUT2D eigenvalue weighted by Gasteiger charge is 2.14. The Hall–Kier alpha value is -2.93. The third kappa shape index (κ3) is 3.38. The van der Waals surface area contributed by atoms with Gasteiger partial charge in [0.2, 0.25) is 5.91 Å². The first-order chi connectivity index (χ1) is 13.0. The smallest absolute Gasteiger partial charge is 0.234 e. The van der Waals surface area contributed by atoms with Gasteiger partial charge in [0.25, 0.3) is 0 Å². The van der Waals surface area contributed by atoms with E-state index in [9.17, 15) is 9.18 Å². The SMILES string of the molecule is Cc1ccc2cc(C)c3nnc(SCC(=O)Nc4ccccc4F)n3c2c1. The van der Waals surface area contributed by atoms with E-state index in [1.807, 2.05) is 18.2 Å². The molecule has 0 fully saturated rings. The summed E-state index contributed by atoms with van der Waals surface area (Å²) < 4.78 is 15.7. The molecule has 1 N–H and O–H groups in total. The van der Waals surface area contributed by atoms with Crippen LogP contribution in [0, 0.1) is 19.7 Å². The lowest BCUT2D eigenvalue weighted by Crippen LogP contribution is -2.15. The van der Waals surface area contributed by atoms with Crippen molar-refractivity contribution in [1.82, 2.24) is 14.6 Å². The number of anilines is 1. The number of para-hydroxylation sites is 1. The molecule has 2 heterocycles. The van der Waals surface area contributed by atoms with E-state index in [0.717, 1.165) is 27.7 Å². The molecule has 0 saturated carbocycles. The van der Waals surface area contributed by atoms with E-state index in [2.05, 4.69) is 39.8 Å². The summed E-state index contributed by atoms with van der Waals surface area (Å²) >= 11 is 1.27. The van der Waals surface area contributed by atoms with Crippen LogP contribution in [0.5, 0.6) is 0 Å². The number of pyridine rings is 1. The summed E-state index contributed by atoms with van der Waals surface area (Å²) in [7, 11) is 0. The number of aromatic nitrogens is 3. The fourth-order valence-corrected chi connectivity index (χ4v) is 3.73. The van der Waals surface area contributed by atoms with Gasteiger partial charge in [-0.1, -0.05) is 36.0 Å². The van der Waals surface area contributed by atoms with Crippen LogP contribution in [0.1, 0.15) is 11.1 Å². The van der Waals surface area contributed by atoms with Gasteiger partial charge in [-0.15, -0.1) is 10.2 Å². The first-order valence-electron chi connectivity index (χ1n) is 8.45. The van der Waals surface area contributed by atoms with E-state index in [1.165, 1.54) is 23.9 Å². The minimum atomic E-state index is -0.458. The van der Waals surface area contributed by atoms with Crippen molar-refractivity contribution in [3.8, 4) is 0 Å². The number of aryl methyl sites for hydroxylation is 2. The van der Waals surface area contributed by atoms with Crippen LogP contribution >= 0.6 is 11.8 Å². The molecule has 136 valence electrons. The standard InChI is InChI=1S/C20H17FN4OS/c1-12-7-8-14-10-13(2)19-23-24-20(25(19)17(14)9-12)27-11-18(26)22-16-6-4-3-5-15(16)21/h3-10H,11H2,1-2H3,(H,22,26). The molecule has 5 nitrogen and oxygen atoms in total. The van der Waals surface area contributed by atoms with Gasteiger partial charge in [-0.2, -0.15) is 0 Å². The maximum Gasteiger partial charge on any atom is 0.234 e. The third-order valence-corrected chi connectivity index (χ3v) is 5.19. The van der Waals surface area contributed by atoms with Crippen molar-refractivity contribution < 1.29 is 9.18 Å². The number of nitrogens with one attached hydrogen (secondary N) is 1. The summed E-state index contributed by atoms with van der Waals surface area (Å²) in [4.78, 5) is 12.2. The van der Waals surface area contributed by atoms with Crippen molar-refractivity contribution in [3.63, 3.8) is 0 Å². The van der Waals surface area contributed by atoms with Gasteiger partial charge in [-0.3, -0.25) is 9.20 Å². The van der Waals surface area contributed by atoms with Crippen molar-refractivity contribution in [1.29, 1.82) is 0 Å². The summed E-state index contributed by atoms with van der Waals surface area (Å²) in [5, 5.41) is 12.8. The molecule has 0 aliphatic carbocycles. The molecule has 0 bridgehead atoms. The lowest BCUT2D eigenvalue weighted by atomic mass is 10.1. The highest BCUT2D eigenvalue weighted by atomic mass is 32.2. The van der Waals surface area contributed by atoms with Gasteiger partial charge < -0.3 is 5.32 Å². The Balaban J connectivity index is 1.63. The lowest BCUT2D eigenvalue weighted by Gasteiger charge is -2.08. The van der Waals surface area contributed by atoms with E-state index >= 15 is 0 Å². The van der Waals surface area contributed by atoms with Crippen LogP contribution < -0.4 is 5.32 Å². The number of amides is 1. The largest absolute Gasteiger partial charge is 0.323 e. The molecule has 0 radical (unpaired) electrons. The number of halogens is 1. The molecular formula is C20H17FN4OS. The molecule has 2 aromatic heterocycles. The predicted molar refractivity (Wildman–Crippen MR) is 106 cm³/mol. The van der Waals surface area contributed by atoms with E-state index in [1.54, 1.807) is 12.1 Å². The van der Waals surface area contributed by atoms with Crippen molar-refractivity contribution in [3.05, 3.63) is 65.5 Å². The van der Waals surface area contributed by atoms with Crippen molar-refractivity contribution in [2.45, 2.75) is 19.0 Å². The fraction of sp³-hybridized carbons (Fsp3) is 0.150. The van der Waals surface area contributed by atoms with Gasteiger partial charge in [-0.05, 0) is 54.6 Å². The average molecular weight is 380 g/mol. The van der Waals surface area contributed by atoms with Crippen LogP contribution in [-0.4, -0.2) is 26.3 Å². The number of thioether (sulfide) groups is 1. The zero-order valence-corrected chi connectivity index (χ0v) is 15.7. The summed E-state index contributed by atoms with van der Waals surface area (Å²) in [6.45, 7) is 4.02. The Morgan fingerprint density at radius 3 is 2.78 bits per heavy atom. The summed E-state index contributed by atoms with van der Waals surface area (Å²) in [6.07, 6.45) is 0. The number of hydrogen-bond acceptors (Lipinski definition) is 4. The Labute approximate surface area is 159 Å². The van der Waals surface area contributed by atoms with Gasteiger partial charge in [-0.25, -0.2) is 4.39 Å². The quantitative estimate of drug-likeness (QED) is 0.534. The summed E-state index contributed by atoms with van der Waals surface area (Å²) in [5.74, 6) is -0.646. The van der Waals surface area contributed by atoms with Crippen molar-refractivity contribution >= 4 is 39.9 Å². The molecule has 0 saturated heterocycles. The monoisotopic (exact) mass is 380 g/mol. The van der Waals surface area contributed by atoms with Gasteiger partial charge in [0.05, 0.1) is 17.0 Å². The second-order valence-corrected chi connectivity index (χ2v) is 7.29. The number of benzene rings is 2. The minimum absolute atomic E-state index is 0.108. The number of hydrogen-bond donors (Lipinski definition) is 1. The molecular weight excluding hydrogens is 363 g/mol. The molecule has 4 rings (SSSR count). The highest BCUT2D eigenvalue weighted by molar-refractivity contribution is 7.99. The van der Waals surface area contributed by atoms with E-state index in [-0.39, 0.29) is 17.3 Å². The maximum absolute atomic E-state index is 13.7. The number of fused-ring (bicyclic) bond motifs is 3. The molecule has 0 spiro atoms. The molecule has 2 aromatic carbocycles. The highest BCUT2D eigenvalue weighted by Crippen LogP contribution is 2.26. The van der Waals surface area contributed by atoms with Crippen LogP contribution in [0.2, 0.25) is 0 Å². The normalized spacial score (nSPS) is 11.2. The fourth-order valence-electron chi connectivity index (χ4n) is 2.98. The topological polar surface area (TPSA) is 59.3 Å². The van der Waals surface area contributed by atoms with Crippen molar-refractivity contribution in [2.24, 2.45) is 0 Å². The second-order valence-electron chi connectivity index (χ2n) is 6.35. The Morgan fingerprint density at radius 2 is 1.96 bits per heavy atom. The summed E-state index contributed by atoms with van der Waals surface area (Å²) in [6, 6.07) is 14.4. The Bertz CT molecular complexity index is 1170. The van der Waals surface area contributed by atoms with E-state index in [4.69, 9.17) is 0 Å². The Morgan fingerprint density at radius 1 is 1.15 bits per heavy atom. The average Bonchev–Trinajstić information content (AvgIpc) is 3.08. The van der Waals surface area contributed by atoms with Crippen LogP contribution in [0.15, 0.2) is 53.7 Å². The zero-order chi connectivity index (χ0) is 19.0. The first kappa shape index (κ1) is 17.5. The molecule has 0 atom stereocenters. The molecule has 4 aromatic rings.